The Morgan fingerprint density at radius 2 is 2.40 bits per heavy atom. The van der Waals surface area contributed by atoms with Gasteiger partial charge in [-0.2, -0.15) is 0 Å². The third-order valence-corrected chi connectivity index (χ3v) is 4.88. The Labute approximate surface area is 121 Å². The summed E-state index contributed by atoms with van der Waals surface area (Å²) in [7, 11) is 0. The molecule has 0 saturated carbocycles. The molecule has 106 valence electrons. The van der Waals surface area contributed by atoms with Gasteiger partial charge in [0.25, 0.3) is 0 Å². The fourth-order valence-corrected chi connectivity index (χ4v) is 3.71. The van der Waals surface area contributed by atoms with Crippen LogP contribution in [-0.2, 0) is 0 Å². The number of β-amino-alcohol motifs (C(OH)–C–C–N with tert-alkyl or cyclic N) is 1. The Morgan fingerprint density at radius 1 is 1.60 bits per heavy atom. The molecule has 3 rings (SSSR count). The highest BCUT2D eigenvalue weighted by Gasteiger charge is 2.23. The molecule has 0 amide bonds. The number of Topliss-reactive ketones (excluding diaryl/α,β-unsaturated/α-hetero) is 1. The third kappa shape index (κ3) is 2.14. The predicted octanol–water partition coefficient (Wildman–Crippen LogP) is 2.04. The minimum atomic E-state index is -0.306. The van der Waals surface area contributed by atoms with E-state index in [4.69, 9.17) is 5.73 Å². The summed E-state index contributed by atoms with van der Waals surface area (Å²) >= 11 is 1.34. The summed E-state index contributed by atoms with van der Waals surface area (Å²) in [6.45, 7) is 3.01. The molecule has 0 aliphatic carbocycles. The number of nitrogens with two attached hydrogens (primary N) is 1. The number of nitrogens with zero attached hydrogens (tertiary/aromatic N) is 2. The first kappa shape index (κ1) is 13.3. The van der Waals surface area contributed by atoms with E-state index in [0.29, 0.717) is 17.1 Å². The summed E-state index contributed by atoms with van der Waals surface area (Å²) in [5.74, 6) is -0.0323. The summed E-state index contributed by atoms with van der Waals surface area (Å²) in [5.41, 5.74) is 7.62. The molecule has 0 aromatic carbocycles. The van der Waals surface area contributed by atoms with Crippen LogP contribution in [0.15, 0.2) is 12.3 Å². The molecule has 20 heavy (non-hydrogen) atoms. The maximum absolute atomic E-state index is 11.6. The largest absolute Gasteiger partial charge is 0.397 e. The molecule has 2 aromatic heterocycles. The maximum Gasteiger partial charge on any atom is 0.171 e. The van der Waals surface area contributed by atoms with Crippen molar-refractivity contribution in [1.82, 2.24) is 4.98 Å². The van der Waals surface area contributed by atoms with Crippen LogP contribution in [0.3, 0.4) is 0 Å². The van der Waals surface area contributed by atoms with Gasteiger partial charge in [-0.15, -0.1) is 11.3 Å². The molecule has 0 bridgehead atoms. The van der Waals surface area contributed by atoms with Crippen molar-refractivity contribution in [2.24, 2.45) is 0 Å². The number of anilines is 2. The van der Waals surface area contributed by atoms with Gasteiger partial charge in [0, 0.05) is 26.2 Å². The second-order valence-electron chi connectivity index (χ2n) is 5.15. The van der Waals surface area contributed by atoms with E-state index in [1.54, 1.807) is 6.20 Å². The summed E-state index contributed by atoms with van der Waals surface area (Å²) in [5, 5.41) is 10.7. The third-order valence-electron chi connectivity index (χ3n) is 3.66. The summed E-state index contributed by atoms with van der Waals surface area (Å²) in [4.78, 5) is 19.4. The van der Waals surface area contributed by atoms with E-state index in [1.807, 2.05) is 6.07 Å². The normalized spacial score (nSPS) is 19.5. The number of hydrogen-bond acceptors (Lipinski definition) is 6. The van der Waals surface area contributed by atoms with Crippen molar-refractivity contribution in [2.75, 3.05) is 23.7 Å². The van der Waals surface area contributed by atoms with Crippen LogP contribution in [0.4, 0.5) is 11.4 Å². The molecule has 1 aliphatic heterocycles. The van der Waals surface area contributed by atoms with Crippen molar-refractivity contribution in [3.05, 3.63) is 17.1 Å². The number of pyridine rings is 1. The van der Waals surface area contributed by atoms with Crippen LogP contribution < -0.4 is 10.6 Å². The quantitative estimate of drug-likeness (QED) is 0.828. The Balaban J connectivity index is 2.13. The Hall–Kier alpha value is -1.66. The molecular formula is C14H17N3O2S. The Bertz CT molecular complexity index is 668. The van der Waals surface area contributed by atoms with Crippen LogP contribution >= 0.6 is 11.3 Å². The second-order valence-corrected chi connectivity index (χ2v) is 6.15. The van der Waals surface area contributed by atoms with E-state index in [-0.39, 0.29) is 11.9 Å². The van der Waals surface area contributed by atoms with E-state index < -0.39 is 0 Å². The van der Waals surface area contributed by atoms with Crippen molar-refractivity contribution in [2.45, 2.75) is 25.9 Å². The van der Waals surface area contributed by atoms with Crippen molar-refractivity contribution in [3.8, 4) is 0 Å². The molecule has 1 atom stereocenters. The zero-order valence-electron chi connectivity index (χ0n) is 11.3. The number of hydrogen-bond donors (Lipinski definition) is 2. The number of rotatable bonds is 2. The molecule has 1 saturated heterocycles. The molecule has 3 N–H and O–H groups in total. The van der Waals surface area contributed by atoms with Gasteiger partial charge < -0.3 is 15.7 Å². The highest BCUT2D eigenvalue weighted by Crippen LogP contribution is 2.39. The molecule has 1 unspecified atom stereocenters. The predicted molar refractivity (Wildman–Crippen MR) is 81.5 cm³/mol. The number of carbonyl (C=O) groups is 1. The molecule has 6 heteroatoms. The second kappa shape index (κ2) is 5.03. The smallest absolute Gasteiger partial charge is 0.171 e. The molecule has 1 fully saturated rings. The number of fused-ring (bicyclic) bond motifs is 1. The monoisotopic (exact) mass is 291 g/mol. The molecule has 0 spiro atoms. The van der Waals surface area contributed by atoms with Gasteiger partial charge in [0.2, 0.25) is 0 Å². The Morgan fingerprint density at radius 3 is 3.10 bits per heavy atom. The fraction of sp³-hybridized carbons (Fsp3) is 0.429. The van der Waals surface area contributed by atoms with Gasteiger partial charge in [-0.3, -0.25) is 4.79 Å². The molecule has 3 heterocycles. The topological polar surface area (TPSA) is 79.5 Å². The molecule has 1 aliphatic rings. The number of piperidine rings is 1. The van der Waals surface area contributed by atoms with Gasteiger partial charge in [0.1, 0.15) is 4.83 Å². The maximum atomic E-state index is 11.6. The summed E-state index contributed by atoms with van der Waals surface area (Å²) < 4.78 is 0. The average Bonchev–Trinajstić information content (AvgIpc) is 2.76. The highest BCUT2D eigenvalue weighted by molar-refractivity contribution is 7.21. The zero-order chi connectivity index (χ0) is 14.3. The minimum absolute atomic E-state index is 0.0323. The van der Waals surface area contributed by atoms with Crippen LogP contribution in [0.2, 0.25) is 0 Å². The van der Waals surface area contributed by atoms with Gasteiger partial charge in [0.15, 0.2) is 5.78 Å². The minimum Gasteiger partial charge on any atom is -0.397 e. The van der Waals surface area contributed by atoms with Crippen molar-refractivity contribution < 1.29 is 9.90 Å². The average molecular weight is 291 g/mol. The van der Waals surface area contributed by atoms with Gasteiger partial charge in [-0.25, -0.2) is 4.98 Å². The van der Waals surface area contributed by atoms with Crippen molar-refractivity contribution >= 4 is 38.7 Å². The molecule has 2 aromatic rings. The lowest BCUT2D eigenvalue weighted by molar-refractivity contribution is 0.102. The lowest BCUT2D eigenvalue weighted by Gasteiger charge is -2.32. The summed E-state index contributed by atoms with van der Waals surface area (Å²) in [6, 6.07) is 1.91. The van der Waals surface area contributed by atoms with Crippen LogP contribution in [0.25, 0.3) is 10.2 Å². The Kier molecular flexibility index (Phi) is 3.35. The van der Waals surface area contributed by atoms with Gasteiger partial charge in [0.05, 0.1) is 27.7 Å². The number of aromatic nitrogens is 1. The number of thiophene rings is 1. The van der Waals surface area contributed by atoms with Crippen LogP contribution in [0.1, 0.15) is 29.4 Å². The van der Waals surface area contributed by atoms with Crippen molar-refractivity contribution in [3.63, 3.8) is 0 Å². The number of carbonyl (C=O) groups excluding carboxylic acids is 1. The lowest BCUT2D eigenvalue weighted by atomic mass is 10.1. The highest BCUT2D eigenvalue weighted by atomic mass is 32.1. The van der Waals surface area contributed by atoms with Crippen LogP contribution in [0.5, 0.6) is 0 Å². The van der Waals surface area contributed by atoms with E-state index in [2.05, 4.69) is 9.88 Å². The van der Waals surface area contributed by atoms with E-state index in [0.717, 1.165) is 35.3 Å². The van der Waals surface area contributed by atoms with Gasteiger partial charge in [-0.1, -0.05) is 0 Å². The number of aliphatic hydroxyl groups is 1. The standard InChI is InChI=1S/C14H17N3O2S/c1-8(18)13-12(15)11-10(4-5-16-14(11)20-13)17-6-2-3-9(19)7-17/h4-5,9,19H,2-3,6-7,15H2,1H3. The number of ketones is 1. The number of nitrogen functional groups attached to an aromatic ring is 1. The molecule has 5 nitrogen and oxygen atoms in total. The van der Waals surface area contributed by atoms with E-state index in [1.165, 1.54) is 18.3 Å². The first-order chi connectivity index (χ1) is 9.58. The molecule has 0 radical (unpaired) electrons. The first-order valence-corrected chi connectivity index (χ1v) is 7.50. The lowest BCUT2D eigenvalue weighted by Crippen LogP contribution is -2.38. The fourth-order valence-electron chi connectivity index (χ4n) is 2.73. The first-order valence-electron chi connectivity index (χ1n) is 6.69. The van der Waals surface area contributed by atoms with Crippen LogP contribution in [0, 0.1) is 0 Å². The summed E-state index contributed by atoms with van der Waals surface area (Å²) in [6.07, 6.45) is 3.22. The van der Waals surface area contributed by atoms with Gasteiger partial charge >= 0.3 is 0 Å². The SMILES string of the molecule is CC(=O)c1sc2nccc(N3CCCC(O)C3)c2c1N. The van der Waals surface area contributed by atoms with E-state index >= 15 is 0 Å². The number of aliphatic hydroxyl groups excluding tert-OH is 1. The van der Waals surface area contributed by atoms with E-state index in [9.17, 15) is 9.90 Å². The molecular weight excluding hydrogens is 274 g/mol. The van der Waals surface area contributed by atoms with Crippen LogP contribution in [-0.4, -0.2) is 35.1 Å². The zero-order valence-corrected chi connectivity index (χ0v) is 12.1. The van der Waals surface area contributed by atoms with Gasteiger partial charge in [-0.05, 0) is 18.9 Å². The van der Waals surface area contributed by atoms with Crippen molar-refractivity contribution in [1.29, 1.82) is 0 Å².